The zero-order valence-corrected chi connectivity index (χ0v) is 15.9. The topological polar surface area (TPSA) is 101 Å². The van der Waals surface area contributed by atoms with Crippen molar-refractivity contribution in [2.45, 2.75) is 26.7 Å². The number of nitro benzene ring substituents is 1. The van der Waals surface area contributed by atoms with Crippen LogP contribution in [0.15, 0.2) is 24.3 Å². The number of aromatic nitrogens is 2. The van der Waals surface area contributed by atoms with E-state index in [1.165, 1.54) is 12.1 Å². The number of rotatable bonds is 4. The summed E-state index contributed by atoms with van der Waals surface area (Å²) in [6, 6.07) is 6.18. The molecule has 3 rings (SSSR count). The predicted octanol–water partition coefficient (Wildman–Crippen LogP) is 3.51. The first kappa shape index (κ1) is 19.0. The number of amides is 1. The number of piperidine rings is 1. The van der Waals surface area contributed by atoms with E-state index in [2.05, 4.69) is 20.2 Å². The Morgan fingerprint density at radius 2 is 1.85 bits per heavy atom. The first-order valence-electron chi connectivity index (χ1n) is 8.65. The molecule has 2 heterocycles. The summed E-state index contributed by atoms with van der Waals surface area (Å²) in [4.78, 5) is 33.9. The highest BCUT2D eigenvalue weighted by Gasteiger charge is 2.27. The zero-order valence-electron chi connectivity index (χ0n) is 15.1. The normalized spacial score (nSPS) is 14.9. The molecule has 1 saturated heterocycles. The lowest BCUT2D eigenvalue weighted by atomic mass is 9.96. The Morgan fingerprint density at radius 1 is 1.22 bits per heavy atom. The van der Waals surface area contributed by atoms with Crippen molar-refractivity contribution < 1.29 is 9.72 Å². The fourth-order valence-electron chi connectivity index (χ4n) is 3.17. The molecule has 0 radical (unpaired) electrons. The van der Waals surface area contributed by atoms with Crippen molar-refractivity contribution in [1.82, 2.24) is 9.97 Å². The van der Waals surface area contributed by atoms with Crippen LogP contribution >= 0.6 is 11.6 Å². The van der Waals surface area contributed by atoms with Crippen LogP contribution in [0.2, 0.25) is 5.02 Å². The molecule has 1 N–H and O–H groups in total. The molecule has 27 heavy (non-hydrogen) atoms. The number of carbonyl (C=O) groups excluding carboxylic acids is 1. The minimum atomic E-state index is -0.569. The molecule has 9 heteroatoms. The maximum atomic E-state index is 12.5. The van der Waals surface area contributed by atoms with E-state index < -0.39 is 4.92 Å². The van der Waals surface area contributed by atoms with Crippen LogP contribution in [0.5, 0.6) is 0 Å². The molecule has 1 aromatic carbocycles. The van der Waals surface area contributed by atoms with E-state index in [0.29, 0.717) is 37.6 Å². The number of benzene rings is 1. The predicted molar refractivity (Wildman–Crippen MR) is 103 cm³/mol. The number of anilines is 2. The van der Waals surface area contributed by atoms with Gasteiger partial charge in [0.05, 0.1) is 4.92 Å². The van der Waals surface area contributed by atoms with Gasteiger partial charge in [0.25, 0.3) is 5.69 Å². The van der Waals surface area contributed by atoms with E-state index in [-0.39, 0.29) is 22.5 Å². The molecule has 1 aromatic heterocycles. The summed E-state index contributed by atoms with van der Waals surface area (Å²) in [5.74, 6) is 0.384. The van der Waals surface area contributed by atoms with Crippen molar-refractivity contribution >= 4 is 34.8 Å². The van der Waals surface area contributed by atoms with Gasteiger partial charge in [-0.2, -0.15) is 0 Å². The SMILES string of the molecule is Cc1cc(C)nc(N2CCC(C(=O)Nc3ccc(Cl)c([N+](=O)[O-])c3)CC2)n1. The van der Waals surface area contributed by atoms with Gasteiger partial charge in [0, 0.05) is 42.1 Å². The number of hydrogen-bond acceptors (Lipinski definition) is 6. The van der Waals surface area contributed by atoms with Crippen molar-refractivity contribution in [3.63, 3.8) is 0 Å². The molecule has 0 bridgehead atoms. The molecule has 0 aliphatic carbocycles. The van der Waals surface area contributed by atoms with Crippen LogP contribution in [-0.2, 0) is 4.79 Å². The van der Waals surface area contributed by atoms with Crippen molar-refractivity contribution in [3.8, 4) is 0 Å². The summed E-state index contributed by atoms with van der Waals surface area (Å²) < 4.78 is 0. The standard InChI is InChI=1S/C18H20ClN5O3/c1-11-9-12(2)21-18(20-11)23-7-5-13(6-8-23)17(25)22-14-3-4-15(19)16(10-14)24(26)27/h3-4,9-10,13H,5-8H2,1-2H3,(H,22,25). The third-order valence-corrected chi connectivity index (χ3v) is 4.85. The lowest BCUT2D eigenvalue weighted by Crippen LogP contribution is -2.39. The minimum Gasteiger partial charge on any atom is -0.341 e. The Morgan fingerprint density at radius 3 is 2.44 bits per heavy atom. The van der Waals surface area contributed by atoms with Gasteiger partial charge in [-0.3, -0.25) is 14.9 Å². The summed E-state index contributed by atoms with van der Waals surface area (Å²) in [6.45, 7) is 5.23. The van der Waals surface area contributed by atoms with Crippen molar-refractivity contribution in [1.29, 1.82) is 0 Å². The molecule has 0 spiro atoms. The number of nitrogens with one attached hydrogen (secondary N) is 1. The third-order valence-electron chi connectivity index (χ3n) is 4.53. The number of nitro groups is 1. The first-order chi connectivity index (χ1) is 12.8. The Kier molecular flexibility index (Phi) is 5.55. The average molecular weight is 390 g/mol. The maximum absolute atomic E-state index is 12.5. The molecule has 2 aromatic rings. The number of hydrogen-bond donors (Lipinski definition) is 1. The third kappa shape index (κ3) is 4.51. The quantitative estimate of drug-likeness (QED) is 0.634. The smallest absolute Gasteiger partial charge is 0.289 e. The van der Waals surface area contributed by atoms with Crippen LogP contribution < -0.4 is 10.2 Å². The van der Waals surface area contributed by atoms with Gasteiger partial charge in [-0.1, -0.05) is 11.6 Å². The second-order valence-electron chi connectivity index (χ2n) is 6.62. The average Bonchev–Trinajstić information content (AvgIpc) is 2.62. The Balaban J connectivity index is 1.62. The fraction of sp³-hybridized carbons (Fsp3) is 0.389. The Bertz CT molecular complexity index is 861. The van der Waals surface area contributed by atoms with E-state index in [9.17, 15) is 14.9 Å². The van der Waals surface area contributed by atoms with Crippen molar-refractivity contribution in [3.05, 3.63) is 50.8 Å². The molecule has 0 atom stereocenters. The van der Waals surface area contributed by atoms with Crippen molar-refractivity contribution in [2.24, 2.45) is 5.92 Å². The van der Waals surface area contributed by atoms with Crippen molar-refractivity contribution in [2.75, 3.05) is 23.3 Å². The molecule has 1 amide bonds. The van der Waals surface area contributed by atoms with Crippen LogP contribution in [0.4, 0.5) is 17.3 Å². The molecule has 1 aliphatic rings. The second-order valence-corrected chi connectivity index (χ2v) is 7.03. The number of aryl methyl sites for hydroxylation is 2. The van der Waals surface area contributed by atoms with Gasteiger partial charge in [0.2, 0.25) is 11.9 Å². The largest absolute Gasteiger partial charge is 0.341 e. The molecular weight excluding hydrogens is 370 g/mol. The summed E-state index contributed by atoms with van der Waals surface area (Å²) in [5, 5.41) is 13.8. The highest BCUT2D eigenvalue weighted by molar-refractivity contribution is 6.32. The molecular formula is C18H20ClN5O3. The van der Waals surface area contributed by atoms with Gasteiger partial charge in [0.1, 0.15) is 5.02 Å². The van der Waals surface area contributed by atoms with Crippen LogP contribution in [0.3, 0.4) is 0 Å². The molecule has 142 valence electrons. The molecule has 8 nitrogen and oxygen atoms in total. The zero-order chi connectivity index (χ0) is 19.6. The number of nitrogens with zero attached hydrogens (tertiary/aromatic N) is 4. The number of carbonyl (C=O) groups is 1. The van der Waals surface area contributed by atoms with Crippen LogP contribution in [0, 0.1) is 29.9 Å². The van der Waals surface area contributed by atoms with E-state index in [4.69, 9.17) is 11.6 Å². The van der Waals surface area contributed by atoms with Crippen LogP contribution in [0.25, 0.3) is 0 Å². The minimum absolute atomic E-state index is 0.0414. The number of halogens is 1. The van der Waals surface area contributed by atoms with E-state index in [1.807, 2.05) is 19.9 Å². The Labute approximate surface area is 161 Å². The highest BCUT2D eigenvalue weighted by Crippen LogP contribution is 2.28. The van der Waals surface area contributed by atoms with Gasteiger partial charge >= 0.3 is 0 Å². The first-order valence-corrected chi connectivity index (χ1v) is 9.03. The van der Waals surface area contributed by atoms with Gasteiger partial charge in [-0.15, -0.1) is 0 Å². The maximum Gasteiger partial charge on any atom is 0.289 e. The van der Waals surface area contributed by atoms with E-state index in [1.54, 1.807) is 6.07 Å². The fourth-order valence-corrected chi connectivity index (χ4v) is 3.35. The summed E-state index contributed by atoms with van der Waals surface area (Å²) in [5.41, 5.74) is 1.98. The summed E-state index contributed by atoms with van der Waals surface area (Å²) in [7, 11) is 0. The van der Waals surface area contributed by atoms with Gasteiger partial charge in [0.15, 0.2) is 0 Å². The van der Waals surface area contributed by atoms with Gasteiger partial charge in [-0.05, 0) is 44.9 Å². The van der Waals surface area contributed by atoms with Crippen LogP contribution in [-0.4, -0.2) is 33.9 Å². The molecule has 0 saturated carbocycles. The molecule has 1 fully saturated rings. The highest BCUT2D eigenvalue weighted by atomic mass is 35.5. The van der Waals surface area contributed by atoms with Gasteiger partial charge in [-0.25, -0.2) is 9.97 Å². The second kappa shape index (κ2) is 7.87. The lowest BCUT2D eigenvalue weighted by Gasteiger charge is -2.31. The lowest BCUT2D eigenvalue weighted by molar-refractivity contribution is -0.384. The Hall–Kier alpha value is -2.74. The molecule has 0 unspecified atom stereocenters. The van der Waals surface area contributed by atoms with E-state index in [0.717, 1.165) is 11.4 Å². The monoisotopic (exact) mass is 389 g/mol. The van der Waals surface area contributed by atoms with Crippen LogP contribution in [0.1, 0.15) is 24.2 Å². The molecule has 1 aliphatic heterocycles. The summed E-state index contributed by atoms with van der Waals surface area (Å²) >= 11 is 5.80. The summed E-state index contributed by atoms with van der Waals surface area (Å²) in [6.07, 6.45) is 1.33. The van der Waals surface area contributed by atoms with Gasteiger partial charge < -0.3 is 10.2 Å². The van der Waals surface area contributed by atoms with E-state index >= 15 is 0 Å².